The molecule has 0 aliphatic carbocycles. The SMILES string of the molecule is CN1CCN(C/C(=C\c2ccccc2)C(=O)NCCNC(=O)Nc2ccc(C#N)c(C(F)(F)F)c2)CC1. The fraction of sp³-hybridized carbons (Fsp3) is 0.346. The van der Waals surface area contributed by atoms with E-state index in [1.165, 1.54) is 12.1 Å². The molecule has 3 amide bonds. The number of nitriles is 1. The highest BCUT2D eigenvalue weighted by molar-refractivity contribution is 5.98. The average Bonchev–Trinajstić information content (AvgIpc) is 2.87. The van der Waals surface area contributed by atoms with Gasteiger partial charge in [0, 0.05) is 57.1 Å². The Balaban J connectivity index is 1.53. The zero-order valence-electron chi connectivity index (χ0n) is 20.4. The molecule has 0 aromatic heterocycles. The summed E-state index contributed by atoms with van der Waals surface area (Å²) in [6.45, 7) is 4.22. The molecule has 3 N–H and O–H groups in total. The van der Waals surface area contributed by atoms with Crippen molar-refractivity contribution in [2.24, 2.45) is 0 Å². The second kappa shape index (κ2) is 12.9. The normalized spacial score (nSPS) is 15.1. The third-order valence-electron chi connectivity index (χ3n) is 5.82. The lowest BCUT2D eigenvalue weighted by Crippen LogP contribution is -2.46. The maximum Gasteiger partial charge on any atom is 0.417 e. The Morgan fingerprint density at radius 1 is 1.03 bits per heavy atom. The van der Waals surface area contributed by atoms with Crippen LogP contribution in [0.5, 0.6) is 0 Å². The summed E-state index contributed by atoms with van der Waals surface area (Å²) in [5, 5.41) is 16.5. The zero-order valence-corrected chi connectivity index (χ0v) is 20.4. The smallest absolute Gasteiger partial charge is 0.351 e. The fourth-order valence-electron chi connectivity index (χ4n) is 3.78. The highest BCUT2D eigenvalue weighted by atomic mass is 19.4. The van der Waals surface area contributed by atoms with E-state index in [0.29, 0.717) is 18.2 Å². The first-order chi connectivity index (χ1) is 17.7. The number of anilines is 1. The van der Waals surface area contributed by atoms with Crippen LogP contribution < -0.4 is 16.0 Å². The molecule has 1 heterocycles. The topological polar surface area (TPSA) is 100 Å². The molecule has 1 saturated heterocycles. The van der Waals surface area contributed by atoms with Crippen molar-refractivity contribution in [1.29, 1.82) is 5.26 Å². The van der Waals surface area contributed by atoms with E-state index >= 15 is 0 Å². The fourth-order valence-corrected chi connectivity index (χ4v) is 3.78. The monoisotopic (exact) mass is 514 g/mol. The molecule has 0 saturated carbocycles. The number of nitrogens with zero attached hydrogens (tertiary/aromatic N) is 3. The number of nitrogens with one attached hydrogen (secondary N) is 3. The number of amides is 3. The molecule has 1 aliphatic rings. The molecule has 2 aromatic rings. The number of hydrogen-bond acceptors (Lipinski definition) is 5. The van der Waals surface area contributed by atoms with E-state index in [4.69, 9.17) is 5.26 Å². The van der Waals surface area contributed by atoms with Crippen molar-refractivity contribution < 1.29 is 22.8 Å². The number of rotatable bonds is 8. The summed E-state index contributed by atoms with van der Waals surface area (Å²) < 4.78 is 39.3. The molecule has 0 atom stereocenters. The van der Waals surface area contributed by atoms with Gasteiger partial charge in [-0.05, 0) is 36.9 Å². The van der Waals surface area contributed by atoms with Gasteiger partial charge in [0.15, 0.2) is 0 Å². The van der Waals surface area contributed by atoms with Crippen LogP contribution in [0.2, 0.25) is 0 Å². The third kappa shape index (κ3) is 8.63. The number of carbonyl (C=O) groups excluding carboxylic acids is 2. The van der Waals surface area contributed by atoms with Gasteiger partial charge in [-0.15, -0.1) is 0 Å². The van der Waals surface area contributed by atoms with Gasteiger partial charge in [0.1, 0.15) is 0 Å². The molecule has 11 heteroatoms. The molecule has 0 radical (unpaired) electrons. The van der Waals surface area contributed by atoms with Crippen LogP contribution in [-0.2, 0) is 11.0 Å². The summed E-state index contributed by atoms with van der Waals surface area (Å²) in [5.41, 5.74) is -0.263. The average molecular weight is 515 g/mol. The van der Waals surface area contributed by atoms with Gasteiger partial charge in [-0.3, -0.25) is 9.69 Å². The van der Waals surface area contributed by atoms with E-state index in [2.05, 4.69) is 32.8 Å². The standard InChI is InChI=1S/C26H29F3N6O2/c1-34-11-13-35(14-12-34)18-21(15-19-5-3-2-4-6-19)24(36)31-9-10-32-25(37)33-22-8-7-20(17-30)23(16-22)26(27,28)29/h2-8,15-16H,9-14,18H2,1H3,(H,31,36)(H2,32,33,37)/b21-15+. The molecule has 8 nitrogen and oxygen atoms in total. The Hall–Kier alpha value is -3.88. The predicted molar refractivity (Wildman–Crippen MR) is 135 cm³/mol. The largest absolute Gasteiger partial charge is 0.417 e. The third-order valence-corrected chi connectivity index (χ3v) is 5.82. The highest BCUT2D eigenvalue weighted by Gasteiger charge is 2.34. The number of hydrogen-bond donors (Lipinski definition) is 3. The van der Waals surface area contributed by atoms with E-state index in [1.54, 1.807) is 0 Å². The van der Waals surface area contributed by atoms with Crippen LogP contribution in [0.15, 0.2) is 54.1 Å². The lowest BCUT2D eigenvalue weighted by Gasteiger charge is -2.32. The number of halogens is 3. The molecule has 1 fully saturated rings. The Morgan fingerprint density at radius 3 is 2.35 bits per heavy atom. The molecule has 37 heavy (non-hydrogen) atoms. The van der Waals surface area contributed by atoms with Crippen LogP contribution in [-0.4, -0.2) is 74.6 Å². The lowest BCUT2D eigenvalue weighted by molar-refractivity contribution is -0.137. The highest BCUT2D eigenvalue weighted by Crippen LogP contribution is 2.33. The summed E-state index contributed by atoms with van der Waals surface area (Å²) in [7, 11) is 2.06. The molecule has 0 unspecified atom stereocenters. The van der Waals surface area contributed by atoms with Gasteiger partial charge in [-0.1, -0.05) is 30.3 Å². The van der Waals surface area contributed by atoms with Gasteiger partial charge < -0.3 is 20.9 Å². The van der Waals surface area contributed by atoms with Gasteiger partial charge >= 0.3 is 12.2 Å². The van der Waals surface area contributed by atoms with Crippen molar-refractivity contribution in [3.63, 3.8) is 0 Å². The summed E-state index contributed by atoms with van der Waals surface area (Å²) in [6, 6.07) is 13.2. The van der Waals surface area contributed by atoms with Gasteiger partial charge in [0.05, 0.1) is 17.2 Å². The zero-order chi connectivity index (χ0) is 26.8. The van der Waals surface area contributed by atoms with Crippen molar-refractivity contribution in [3.8, 4) is 6.07 Å². The number of urea groups is 1. The van der Waals surface area contributed by atoms with E-state index < -0.39 is 23.3 Å². The minimum atomic E-state index is -4.72. The predicted octanol–water partition coefficient (Wildman–Crippen LogP) is 3.15. The van der Waals surface area contributed by atoms with Crippen LogP contribution in [0.4, 0.5) is 23.7 Å². The van der Waals surface area contributed by atoms with Crippen molar-refractivity contribution in [1.82, 2.24) is 20.4 Å². The Labute approximate surface area is 213 Å². The van der Waals surface area contributed by atoms with Gasteiger partial charge in [-0.2, -0.15) is 18.4 Å². The number of likely N-dealkylation sites (N-methyl/N-ethyl adjacent to an activating group) is 1. The lowest BCUT2D eigenvalue weighted by atomic mass is 10.1. The molecule has 0 spiro atoms. The maximum absolute atomic E-state index is 13.1. The Kier molecular flexibility index (Phi) is 9.65. The second-order valence-corrected chi connectivity index (χ2v) is 8.67. The van der Waals surface area contributed by atoms with Gasteiger partial charge in [-0.25, -0.2) is 4.79 Å². The van der Waals surface area contributed by atoms with Gasteiger partial charge in [0.25, 0.3) is 0 Å². The molecule has 0 bridgehead atoms. The molecule has 196 valence electrons. The summed E-state index contributed by atoms with van der Waals surface area (Å²) in [4.78, 5) is 29.5. The Morgan fingerprint density at radius 2 is 1.70 bits per heavy atom. The number of carbonyl (C=O) groups is 2. The minimum absolute atomic E-state index is 0.0626. The van der Waals surface area contributed by atoms with Crippen LogP contribution in [0.1, 0.15) is 16.7 Å². The van der Waals surface area contributed by atoms with Crippen molar-refractivity contribution >= 4 is 23.7 Å². The van der Waals surface area contributed by atoms with Crippen LogP contribution in [0.25, 0.3) is 6.08 Å². The minimum Gasteiger partial charge on any atom is -0.351 e. The number of alkyl halides is 3. The summed E-state index contributed by atoms with van der Waals surface area (Å²) >= 11 is 0. The molecular weight excluding hydrogens is 485 g/mol. The second-order valence-electron chi connectivity index (χ2n) is 8.67. The van der Waals surface area contributed by atoms with E-state index in [-0.39, 0.29) is 24.7 Å². The first-order valence-corrected chi connectivity index (χ1v) is 11.8. The number of piperazine rings is 1. The van der Waals surface area contributed by atoms with E-state index in [0.717, 1.165) is 37.8 Å². The summed E-state index contributed by atoms with van der Waals surface area (Å²) in [5.74, 6) is -0.257. The first kappa shape index (κ1) is 27.7. The number of benzene rings is 2. The van der Waals surface area contributed by atoms with E-state index in [9.17, 15) is 22.8 Å². The molecule has 2 aromatic carbocycles. The van der Waals surface area contributed by atoms with E-state index in [1.807, 2.05) is 36.4 Å². The first-order valence-electron chi connectivity index (χ1n) is 11.8. The molecular formula is C26H29F3N6O2. The van der Waals surface area contributed by atoms with Crippen LogP contribution >= 0.6 is 0 Å². The van der Waals surface area contributed by atoms with Crippen LogP contribution in [0.3, 0.4) is 0 Å². The summed E-state index contributed by atoms with van der Waals surface area (Å²) in [6.07, 6.45) is -2.88. The van der Waals surface area contributed by atoms with Crippen molar-refractivity contribution in [2.45, 2.75) is 6.18 Å². The van der Waals surface area contributed by atoms with Crippen molar-refractivity contribution in [2.75, 3.05) is 58.2 Å². The van der Waals surface area contributed by atoms with Crippen LogP contribution in [0, 0.1) is 11.3 Å². The maximum atomic E-state index is 13.1. The quantitative estimate of drug-likeness (QED) is 0.371. The Bertz CT molecular complexity index is 1150. The molecule has 3 rings (SSSR count). The molecule has 1 aliphatic heterocycles. The van der Waals surface area contributed by atoms with Crippen molar-refractivity contribution in [3.05, 3.63) is 70.8 Å². The van der Waals surface area contributed by atoms with Gasteiger partial charge in [0.2, 0.25) is 5.91 Å².